The molecule has 174 valence electrons. The molecule has 3 rings (SSSR count). The first kappa shape index (κ1) is 24.6. The van der Waals surface area contributed by atoms with Crippen LogP contribution in [0.5, 0.6) is 0 Å². The first-order chi connectivity index (χ1) is 14.2. The minimum Gasteiger partial charge on any atom is -0.390 e. The molecule has 1 aliphatic rings. The highest BCUT2D eigenvalue weighted by molar-refractivity contribution is 7.71. The Labute approximate surface area is 178 Å². The molecule has 20 heteroatoms. The van der Waals surface area contributed by atoms with Gasteiger partial charge in [-0.2, -0.15) is 8.62 Å². The third-order valence-corrected chi connectivity index (χ3v) is 8.06. The van der Waals surface area contributed by atoms with Gasteiger partial charge in [0, 0.05) is 12.6 Å². The number of aromatic amines is 1. The lowest BCUT2D eigenvalue weighted by molar-refractivity contribution is -0.0421. The molecular weight excluding hydrogens is 505 g/mol. The van der Waals surface area contributed by atoms with Gasteiger partial charge in [-0.1, -0.05) is 12.2 Å². The normalized spacial score (nSPS) is 26.0. The molecule has 1 saturated heterocycles. The number of anilines is 1. The molecule has 5 unspecified atom stereocenters. The summed E-state index contributed by atoms with van der Waals surface area (Å²) in [6.07, 6.45) is -1.50. The number of aliphatic hydroxyl groups is 1. The van der Waals surface area contributed by atoms with Crippen LogP contribution in [-0.4, -0.2) is 58.0 Å². The van der Waals surface area contributed by atoms with Crippen molar-refractivity contribution >= 4 is 52.7 Å². The molecular formula is C11H17N4O12P3S. The number of nitrogens with zero attached hydrogens (tertiary/aromatic N) is 2. The highest BCUT2D eigenvalue weighted by atomic mass is 32.1. The molecule has 0 aliphatic carbocycles. The summed E-state index contributed by atoms with van der Waals surface area (Å²) in [4.78, 5) is 42.4. The monoisotopic (exact) mass is 522 g/mol. The Morgan fingerprint density at radius 3 is 2.58 bits per heavy atom. The quantitative estimate of drug-likeness (QED) is 0.186. The molecule has 1 fully saturated rings. The van der Waals surface area contributed by atoms with Crippen LogP contribution in [0.1, 0.15) is 12.6 Å². The third kappa shape index (κ3) is 6.27. The largest absolute Gasteiger partial charge is 0.490 e. The van der Waals surface area contributed by atoms with Crippen LogP contribution in [0.3, 0.4) is 0 Å². The lowest BCUT2D eigenvalue weighted by Gasteiger charge is -2.19. The Hall–Kier alpha value is -1.03. The zero-order valence-electron chi connectivity index (χ0n) is 15.1. The second-order valence-corrected chi connectivity index (χ2v) is 11.0. The third-order valence-electron chi connectivity index (χ3n) is 3.95. The van der Waals surface area contributed by atoms with Gasteiger partial charge >= 0.3 is 23.5 Å². The second kappa shape index (κ2) is 8.72. The molecule has 16 nitrogen and oxygen atoms in total. The van der Waals surface area contributed by atoms with Crippen LogP contribution in [0, 0.1) is 4.64 Å². The number of rotatable bonds is 8. The van der Waals surface area contributed by atoms with Crippen LogP contribution in [0.2, 0.25) is 0 Å². The van der Waals surface area contributed by atoms with Crippen molar-refractivity contribution in [3.63, 3.8) is 0 Å². The van der Waals surface area contributed by atoms with Gasteiger partial charge in [-0.25, -0.2) is 18.7 Å². The van der Waals surface area contributed by atoms with Gasteiger partial charge in [0.05, 0.1) is 18.1 Å². The zero-order chi connectivity index (χ0) is 23.2. The zero-order valence-corrected chi connectivity index (χ0v) is 18.6. The number of nitrogens with one attached hydrogen (secondary N) is 1. The van der Waals surface area contributed by atoms with Gasteiger partial charge in [0.2, 0.25) is 0 Å². The van der Waals surface area contributed by atoms with E-state index in [0.717, 1.165) is 0 Å². The van der Waals surface area contributed by atoms with Crippen molar-refractivity contribution in [2.24, 2.45) is 0 Å². The summed E-state index contributed by atoms with van der Waals surface area (Å²) in [7, 11) is -16.5. The summed E-state index contributed by atoms with van der Waals surface area (Å²) in [5, 5.41) is 10.8. The minimum atomic E-state index is -5.64. The van der Waals surface area contributed by atoms with E-state index in [2.05, 4.69) is 23.1 Å². The van der Waals surface area contributed by atoms with Gasteiger partial charge in [-0.15, -0.1) is 0 Å². The molecule has 2 aromatic heterocycles. The smallest absolute Gasteiger partial charge is 0.390 e. The van der Waals surface area contributed by atoms with Crippen molar-refractivity contribution < 1.29 is 56.3 Å². The fourth-order valence-electron chi connectivity index (χ4n) is 2.82. The highest BCUT2D eigenvalue weighted by Crippen LogP contribution is 2.66. The summed E-state index contributed by atoms with van der Waals surface area (Å²) in [6, 6.07) is 1.65. The van der Waals surface area contributed by atoms with Crippen molar-refractivity contribution in [2.45, 2.75) is 24.9 Å². The van der Waals surface area contributed by atoms with E-state index >= 15 is 0 Å². The lowest BCUT2D eigenvalue weighted by atomic mass is 10.2. The molecule has 1 aliphatic heterocycles. The van der Waals surface area contributed by atoms with Gasteiger partial charge < -0.3 is 44.7 Å². The van der Waals surface area contributed by atoms with Crippen molar-refractivity contribution in [2.75, 3.05) is 12.3 Å². The average molecular weight is 522 g/mol. The molecule has 0 bridgehead atoms. The number of nitrogen functional groups attached to an aromatic ring is 1. The van der Waals surface area contributed by atoms with E-state index in [4.69, 9.17) is 37.4 Å². The fourth-order valence-corrected chi connectivity index (χ4v) is 6.11. The molecule has 0 saturated carbocycles. The number of ether oxygens (including phenoxy) is 1. The Morgan fingerprint density at radius 1 is 1.26 bits per heavy atom. The standard InChI is InChI=1S/C11H17N4O12P3S/c12-11-13-9-5(10(31)14-11)1-2-15(9)8-3-6(16)7(25-8)4-24-29(20,21)27-30(22,23)26-28(17,18)19/h1-2,6-8,16H,3-4H2,(H,20,21)(H,22,23)(H2,17,18,19)(H3,12,13,14,31). The van der Waals surface area contributed by atoms with Gasteiger partial charge in [0.1, 0.15) is 22.6 Å². The lowest BCUT2D eigenvalue weighted by Crippen LogP contribution is -2.26. The van der Waals surface area contributed by atoms with Crippen LogP contribution in [0.25, 0.3) is 11.0 Å². The molecule has 0 amide bonds. The summed E-state index contributed by atoms with van der Waals surface area (Å²) in [5.74, 6) is 0.0557. The number of aromatic nitrogens is 3. The number of nitrogens with two attached hydrogens (primary N) is 1. The maximum Gasteiger partial charge on any atom is 0.490 e. The first-order valence-corrected chi connectivity index (χ1v) is 13.1. The van der Waals surface area contributed by atoms with E-state index in [9.17, 15) is 23.7 Å². The minimum absolute atomic E-state index is 0.0248. The number of aliphatic hydroxyl groups excluding tert-OH is 1. The number of H-pyrrole nitrogens is 1. The van der Waals surface area contributed by atoms with Crippen molar-refractivity contribution in [1.82, 2.24) is 14.5 Å². The van der Waals surface area contributed by atoms with Gasteiger partial charge in [0.15, 0.2) is 5.95 Å². The number of phosphoric acid groups is 3. The van der Waals surface area contributed by atoms with Crippen LogP contribution in [-0.2, 0) is 31.6 Å². The van der Waals surface area contributed by atoms with Gasteiger partial charge in [0.25, 0.3) is 0 Å². The maximum absolute atomic E-state index is 11.8. The van der Waals surface area contributed by atoms with Gasteiger partial charge in [-0.05, 0) is 6.07 Å². The Morgan fingerprint density at radius 2 is 1.94 bits per heavy atom. The predicted molar refractivity (Wildman–Crippen MR) is 104 cm³/mol. The Bertz CT molecular complexity index is 1180. The predicted octanol–water partition coefficient (Wildman–Crippen LogP) is 0.668. The average Bonchev–Trinajstić information content (AvgIpc) is 3.13. The molecule has 2 aromatic rings. The fraction of sp³-hybridized carbons (Fsp3) is 0.455. The van der Waals surface area contributed by atoms with Crippen molar-refractivity contribution in [3.05, 3.63) is 16.9 Å². The molecule has 3 heterocycles. The number of hydrogen-bond donors (Lipinski definition) is 7. The number of hydrogen-bond acceptors (Lipinski definition) is 11. The Balaban J connectivity index is 1.67. The first-order valence-electron chi connectivity index (χ1n) is 8.14. The van der Waals surface area contributed by atoms with Crippen LogP contribution in [0.15, 0.2) is 12.3 Å². The van der Waals surface area contributed by atoms with Crippen LogP contribution in [0.4, 0.5) is 5.95 Å². The number of phosphoric ester groups is 1. The molecule has 31 heavy (non-hydrogen) atoms. The van der Waals surface area contributed by atoms with Crippen LogP contribution >= 0.6 is 35.7 Å². The van der Waals surface area contributed by atoms with E-state index in [0.29, 0.717) is 11.0 Å². The second-order valence-electron chi connectivity index (χ2n) is 6.23. The van der Waals surface area contributed by atoms with E-state index in [1.807, 2.05) is 0 Å². The van der Waals surface area contributed by atoms with Gasteiger partial charge in [-0.3, -0.25) is 4.52 Å². The highest BCUT2D eigenvalue weighted by Gasteiger charge is 2.42. The molecule has 8 N–H and O–H groups in total. The maximum atomic E-state index is 11.8. The number of fused-ring (bicyclic) bond motifs is 1. The van der Waals surface area contributed by atoms with Crippen LogP contribution < -0.4 is 5.73 Å². The van der Waals surface area contributed by atoms with E-state index in [1.165, 1.54) is 0 Å². The van der Waals surface area contributed by atoms with Crippen molar-refractivity contribution in [3.8, 4) is 0 Å². The SMILES string of the molecule is Nc1nc(=S)c2ccn(C3CC(O)C(COP(=O)(O)OP(=O)(O)OP(=O)(O)O)O3)c2[nH]1. The molecule has 0 aromatic carbocycles. The molecule has 5 atom stereocenters. The van der Waals surface area contributed by atoms with E-state index in [1.54, 1.807) is 16.8 Å². The Kier molecular flexibility index (Phi) is 6.93. The molecule has 0 spiro atoms. The van der Waals surface area contributed by atoms with E-state index in [-0.39, 0.29) is 17.0 Å². The summed E-state index contributed by atoms with van der Waals surface area (Å²) >= 11 is 5.12. The van der Waals surface area contributed by atoms with E-state index < -0.39 is 48.5 Å². The summed E-state index contributed by atoms with van der Waals surface area (Å²) < 4.78 is 52.9. The van der Waals surface area contributed by atoms with Crippen molar-refractivity contribution in [1.29, 1.82) is 0 Å². The summed E-state index contributed by atoms with van der Waals surface area (Å²) in [5.41, 5.74) is 6.12. The summed E-state index contributed by atoms with van der Waals surface area (Å²) in [6.45, 7) is -0.778. The molecule has 0 radical (unpaired) electrons. The topological polar surface area (TPSA) is 249 Å².